The topological polar surface area (TPSA) is 61.4 Å². The number of nitrogens with zero attached hydrogens (tertiary/aromatic N) is 1. The smallest absolute Gasteiger partial charge is 0.251 e. The van der Waals surface area contributed by atoms with Crippen molar-refractivity contribution in [3.8, 4) is 0 Å². The summed E-state index contributed by atoms with van der Waals surface area (Å²) in [6.45, 7) is 4.74. The number of carbonyl (C=O) groups excluding carboxylic acids is 2. The number of hydrogen-bond donors (Lipinski definition) is 2. The molecule has 2 N–H and O–H groups in total. The SMILES string of the molecule is CC(=O)N1CCc2cc(C(=O)NCC3=CCNCC3)ccc21.Cl. The van der Waals surface area contributed by atoms with E-state index in [4.69, 9.17) is 0 Å². The predicted octanol–water partition coefficient (Wildman–Crippen LogP) is 1.67. The third-order valence-electron chi connectivity index (χ3n) is 4.25. The van der Waals surface area contributed by atoms with Crippen molar-refractivity contribution in [2.45, 2.75) is 19.8 Å². The Morgan fingerprint density at radius 1 is 1.30 bits per heavy atom. The molecule has 0 aliphatic carbocycles. The number of amides is 2. The Hall–Kier alpha value is -1.85. The summed E-state index contributed by atoms with van der Waals surface area (Å²) in [5.41, 5.74) is 3.95. The van der Waals surface area contributed by atoms with Crippen LogP contribution in [0.2, 0.25) is 0 Å². The van der Waals surface area contributed by atoms with Gasteiger partial charge in [0.25, 0.3) is 5.91 Å². The first-order chi connectivity index (χ1) is 10.6. The number of rotatable bonds is 3. The molecule has 3 rings (SSSR count). The number of fused-ring (bicyclic) bond motifs is 1. The molecule has 0 saturated heterocycles. The van der Waals surface area contributed by atoms with E-state index in [0.29, 0.717) is 18.7 Å². The standard InChI is InChI=1S/C17H21N3O2.ClH/c1-12(21)20-9-6-14-10-15(2-3-16(14)20)17(22)19-11-13-4-7-18-8-5-13;/h2-4,10,18H,5-9,11H2,1H3,(H,19,22);1H. The summed E-state index contributed by atoms with van der Waals surface area (Å²) in [6.07, 6.45) is 3.93. The molecule has 0 aromatic heterocycles. The summed E-state index contributed by atoms with van der Waals surface area (Å²) >= 11 is 0. The van der Waals surface area contributed by atoms with Gasteiger partial charge in [0.15, 0.2) is 0 Å². The van der Waals surface area contributed by atoms with Crippen LogP contribution < -0.4 is 15.5 Å². The van der Waals surface area contributed by atoms with Crippen molar-refractivity contribution < 1.29 is 9.59 Å². The first-order valence-corrected chi connectivity index (χ1v) is 7.73. The molecule has 0 bridgehead atoms. The highest BCUT2D eigenvalue weighted by Gasteiger charge is 2.23. The van der Waals surface area contributed by atoms with Crippen molar-refractivity contribution in [1.82, 2.24) is 10.6 Å². The Morgan fingerprint density at radius 3 is 2.83 bits per heavy atom. The molecule has 23 heavy (non-hydrogen) atoms. The van der Waals surface area contributed by atoms with E-state index < -0.39 is 0 Å². The molecule has 0 radical (unpaired) electrons. The number of nitrogens with one attached hydrogen (secondary N) is 2. The Kier molecular flexibility index (Phi) is 5.80. The minimum absolute atomic E-state index is 0. The highest BCUT2D eigenvalue weighted by Crippen LogP contribution is 2.28. The third-order valence-corrected chi connectivity index (χ3v) is 4.25. The molecule has 6 heteroatoms. The van der Waals surface area contributed by atoms with Crippen LogP contribution in [0.5, 0.6) is 0 Å². The van der Waals surface area contributed by atoms with Gasteiger partial charge in [-0.1, -0.05) is 11.6 Å². The summed E-state index contributed by atoms with van der Waals surface area (Å²) in [6, 6.07) is 5.58. The zero-order valence-corrected chi connectivity index (χ0v) is 14.0. The zero-order chi connectivity index (χ0) is 15.5. The molecule has 2 heterocycles. The summed E-state index contributed by atoms with van der Waals surface area (Å²) < 4.78 is 0. The van der Waals surface area contributed by atoms with Gasteiger partial charge in [-0.3, -0.25) is 9.59 Å². The van der Waals surface area contributed by atoms with Gasteiger partial charge in [-0.2, -0.15) is 0 Å². The molecular weight excluding hydrogens is 314 g/mol. The van der Waals surface area contributed by atoms with Gasteiger partial charge in [0, 0.05) is 37.8 Å². The molecule has 0 spiro atoms. The first kappa shape index (κ1) is 17.5. The number of carbonyl (C=O) groups is 2. The fraction of sp³-hybridized carbons (Fsp3) is 0.412. The number of hydrogen-bond acceptors (Lipinski definition) is 3. The quantitative estimate of drug-likeness (QED) is 0.826. The molecule has 124 valence electrons. The van der Waals surface area contributed by atoms with E-state index in [0.717, 1.165) is 37.2 Å². The molecule has 0 fully saturated rings. The predicted molar refractivity (Wildman–Crippen MR) is 93.3 cm³/mol. The normalized spacial score (nSPS) is 16.2. The van der Waals surface area contributed by atoms with Crippen LogP contribution in [0.25, 0.3) is 0 Å². The van der Waals surface area contributed by atoms with Crippen LogP contribution in [0, 0.1) is 0 Å². The molecule has 1 aromatic rings. The van der Waals surface area contributed by atoms with Crippen molar-refractivity contribution in [2.75, 3.05) is 31.1 Å². The average molecular weight is 336 g/mol. The molecule has 2 aliphatic rings. The van der Waals surface area contributed by atoms with Crippen molar-refractivity contribution in [3.05, 3.63) is 41.0 Å². The van der Waals surface area contributed by atoms with Crippen LogP contribution in [-0.4, -0.2) is 38.0 Å². The van der Waals surface area contributed by atoms with Gasteiger partial charge in [0.1, 0.15) is 0 Å². The van der Waals surface area contributed by atoms with Crippen molar-refractivity contribution in [2.24, 2.45) is 0 Å². The Bertz CT molecular complexity index is 643. The van der Waals surface area contributed by atoms with E-state index in [1.807, 2.05) is 12.1 Å². The van der Waals surface area contributed by atoms with Gasteiger partial charge >= 0.3 is 0 Å². The fourth-order valence-corrected chi connectivity index (χ4v) is 3.00. The van der Waals surface area contributed by atoms with Crippen LogP contribution in [0.4, 0.5) is 5.69 Å². The van der Waals surface area contributed by atoms with E-state index in [9.17, 15) is 9.59 Å². The van der Waals surface area contributed by atoms with Crippen molar-refractivity contribution >= 4 is 29.9 Å². The van der Waals surface area contributed by atoms with Crippen LogP contribution in [-0.2, 0) is 11.2 Å². The monoisotopic (exact) mass is 335 g/mol. The van der Waals surface area contributed by atoms with Crippen molar-refractivity contribution in [1.29, 1.82) is 0 Å². The van der Waals surface area contributed by atoms with Gasteiger partial charge in [-0.05, 0) is 43.1 Å². The molecule has 2 aliphatic heterocycles. The lowest BCUT2D eigenvalue weighted by Crippen LogP contribution is -2.29. The highest BCUT2D eigenvalue weighted by molar-refractivity contribution is 5.97. The van der Waals surface area contributed by atoms with Gasteiger partial charge in [-0.25, -0.2) is 0 Å². The van der Waals surface area contributed by atoms with Gasteiger partial charge in [0.05, 0.1) is 0 Å². The number of halogens is 1. The fourth-order valence-electron chi connectivity index (χ4n) is 3.00. The first-order valence-electron chi connectivity index (χ1n) is 7.73. The average Bonchev–Trinajstić information content (AvgIpc) is 2.97. The van der Waals surface area contributed by atoms with Crippen LogP contribution in [0.1, 0.15) is 29.3 Å². The van der Waals surface area contributed by atoms with Gasteiger partial charge in [0.2, 0.25) is 5.91 Å². The van der Waals surface area contributed by atoms with Crippen LogP contribution in [0.15, 0.2) is 29.8 Å². The molecular formula is C17H22ClN3O2. The minimum Gasteiger partial charge on any atom is -0.348 e. The Morgan fingerprint density at radius 2 is 2.13 bits per heavy atom. The van der Waals surface area contributed by atoms with E-state index in [1.165, 1.54) is 5.57 Å². The lowest BCUT2D eigenvalue weighted by atomic mass is 10.1. The van der Waals surface area contributed by atoms with E-state index in [2.05, 4.69) is 16.7 Å². The maximum atomic E-state index is 12.3. The second-order valence-corrected chi connectivity index (χ2v) is 5.76. The maximum absolute atomic E-state index is 12.3. The summed E-state index contributed by atoms with van der Waals surface area (Å²) in [5.74, 6) is -0.00250. The molecule has 0 saturated carbocycles. The van der Waals surface area contributed by atoms with E-state index >= 15 is 0 Å². The van der Waals surface area contributed by atoms with Gasteiger partial charge in [-0.15, -0.1) is 12.4 Å². The van der Waals surface area contributed by atoms with Crippen LogP contribution in [0.3, 0.4) is 0 Å². The van der Waals surface area contributed by atoms with Crippen molar-refractivity contribution in [3.63, 3.8) is 0 Å². The largest absolute Gasteiger partial charge is 0.348 e. The van der Waals surface area contributed by atoms with E-state index in [-0.39, 0.29) is 24.2 Å². The second-order valence-electron chi connectivity index (χ2n) is 5.76. The Balaban J connectivity index is 0.00000192. The lowest BCUT2D eigenvalue weighted by Gasteiger charge is -2.16. The lowest BCUT2D eigenvalue weighted by molar-refractivity contribution is -0.116. The van der Waals surface area contributed by atoms with Crippen LogP contribution >= 0.6 is 12.4 Å². The molecule has 1 aromatic carbocycles. The summed E-state index contributed by atoms with van der Waals surface area (Å²) in [5, 5.41) is 6.23. The summed E-state index contributed by atoms with van der Waals surface area (Å²) in [7, 11) is 0. The zero-order valence-electron chi connectivity index (χ0n) is 13.2. The highest BCUT2D eigenvalue weighted by atomic mass is 35.5. The maximum Gasteiger partial charge on any atom is 0.251 e. The Labute approximate surface area is 142 Å². The number of anilines is 1. The molecule has 0 unspecified atom stereocenters. The third kappa shape index (κ3) is 3.92. The van der Waals surface area contributed by atoms with E-state index in [1.54, 1.807) is 17.9 Å². The minimum atomic E-state index is -0.0523. The summed E-state index contributed by atoms with van der Waals surface area (Å²) in [4.78, 5) is 25.6. The molecule has 0 atom stereocenters. The number of benzene rings is 1. The molecule has 2 amide bonds. The second kappa shape index (κ2) is 7.62. The van der Waals surface area contributed by atoms with Gasteiger partial charge < -0.3 is 15.5 Å². The molecule has 5 nitrogen and oxygen atoms in total.